The summed E-state index contributed by atoms with van der Waals surface area (Å²) in [5, 5.41) is 7.76. The van der Waals surface area contributed by atoms with Crippen molar-refractivity contribution in [2.45, 2.75) is 19.4 Å². The first kappa shape index (κ1) is 13.7. The van der Waals surface area contributed by atoms with Crippen LogP contribution in [0.1, 0.15) is 33.9 Å². The predicted molar refractivity (Wildman–Crippen MR) is 82.7 cm³/mol. The van der Waals surface area contributed by atoms with Gasteiger partial charge in [0.1, 0.15) is 11.4 Å². The summed E-state index contributed by atoms with van der Waals surface area (Å²) in [7, 11) is 3.51. The van der Waals surface area contributed by atoms with Gasteiger partial charge in [0.25, 0.3) is 5.91 Å². The number of hydrogen-bond donors (Lipinski definition) is 1. The van der Waals surface area contributed by atoms with Gasteiger partial charge in [0.05, 0.1) is 12.2 Å². The molecule has 1 atom stereocenters. The molecule has 1 unspecified atom stereocenters. The molecule has 5 heteroatoms. The molecule has 1 aliphatic heterocycles. The van der Waals surface area contributed by atoms with Crippen LogP contribution in [0.5, 0.6) is 0 Å². The van der Waals surface area contributed by atoms with Crippen molar-refractivity contribution in [3.63, 3.8) is 0 Å². The number of anilines is 1. The molecule has 1 aromatic heterocycles. The molecule has 0 aliphatic carbocycles. The Morgan fingerprint density at radius 2 is 2.05 bits per heavy atom. The highest BCUT2D eigenvalue weighted by Gasteiger charge is 2.27. The topological polar surface area (TPSA) is 50.2 Å². The second kappa shape index (κ2) is 5.24. The summed E-state index contributed by atoms with van der Waals surface area (Å²) in [6.07, 6.45) is 2.63. The van der Waals surface area contributed by atoms with Crippen LogP contribution in [0.4, 0.5) is 5.82 Å². The van der Waals surface area contributed by atoms with Gasteiger partial charge in [0, 0.05) is 20.6 Å². The van der Waals surface area contributed by atoms with Gasteiger partial charge in [0.15, 0.2) is 0 Å². The van der Waals surface area contributed by atoms with Crippen LogP contribution in [-0.4, -0.2) is 41.2 Å². The van der Waals surface area contributed by atoms with Gasteiger partial charge in [-0.3, -0.25) is 4.79 Å². The number of nitrogens with zero attached hydrogens (tertiary/aromatic N) is 3. The van der Waals surface area contributed by atoms with E-state index in [1.807, 2.05) is 4.68 Å². The highest BCUT2D eigenvalue weighted by molar-refractivity contribution is 5.98. The van der Waals surface area contributed by atoms with E-state index in [2.05, 4.69) is 41.6 Å². The van der Waals surface area contributed by atoms with Gasteiger partial charge in [0.2, 0.25) is 0 Å². The quantitative estimate of drug-likeness (QED) is 0.920. The van der Waals surface area contributed by atoms with Crippen LogP contribution >= 0.6 is 0 Å². The molecule has 21 heavy (non-hydrogen) atoms. The van der Waals surface area contributed by atoms with E-state index in [0.717, 1.165) is 18.8 Å². The van der Waals surface area contributed by atoms with Crippen molar-refractivity contribution in [1.29, 1.82) is 0 Å². The lowest BCUT2D eigenvalue weighted by molar-refractivity contribution is 0.0828. The maximum Gasteiger partial charge on any atom is 0.258 e. The van der Waals surface area contributed by atoms with Crippen LogP contribution in [0.15, 0.2) is 30.5 Å². The van der Waals surface area contributed by atoms with Crippen molar-refractivity contribution in [3.05, 3.63) is 47.2 Å². The number of aryl methyl sites for hydroxylation is 1. The summed E-state index contributed by atoms with van der Waals surface area (Å²) >= 11 is 0. The summed E-state index contributed by atoms with van der Waals surface area (Å²) in [6.45, 7) is 2.93. The first-order valence-electron chi connectivity index (χ1n) is 7.17. The molecule has 2 heterocycles. The van der Waals surface area contributed by atoms with E-state index in [1.165, 1.54) is 11.1 Å². The molecule has 1 amide bonds. The minimum absolute atomic E-state index is 0.0201. The lowest BCUT2D eigenvalue weighted by atomic mass is 10.0. The summed E-state index contributed by atoms with van der Waals surface area (Å²) in [5.41, 5.74) is 3.11. The Balaban J connectivity index is 1.99. The SMILES string of the molecule is Cc1ccc(C2CCNc3c(C(=O)N(C)C)cnn32)cc1. The number of amides is 1. The minimum Gasteiger partial charge on any atom is -0.369 e. The average Bonchev–Trinajstić information content (AvgIpc) is 2.91. The Bertz CT molecular complexity index is 657. The summed E-state index contributed by atoms with van der Waals surface area (Å²) in [4.78, 5) is 13.8. The molecule has 0 saturated heterocycles. The summed E-state index contributed by atoms with van der Waals surface area (Å²) < 4.78 is 1.94. The first-order chi connectivity index (χ1) is 10.1. The van der Waals surface area contributed by atoms with Gasteiger partial charge >= 0.3 is 0 Å². The fourth-order valence-electron chi connectivity index (χ4n) is 2.72. The highest BCUT2D eigenvalue weighted by atomic mass is 16.2. The van der Waals surface area contributed by atoms with Gasteiger partial charge in [-0.25, -0.2) is 4.68 Å². The molecule has 5 nitrogen and oxygen atoms in total. The number of rotatable bonds is 2. The molecule has 2 aromatic rings. The summed E-state index contributed by atoms with van der Waals surface area (Å²) in [5.74, 6) is 0.804. The molecule has 0 radical (unpaired) electrons. The molecule has 3 rings (SSSR count). The van der Waals surface area contributed by atoms with Crippen LogP contribution in [-0.2, 0) is 0 Å². The van der Waals surface area contributed by atoms with Gasteiger partial charge < -0.3 is 10.2 Å². The van der Waals surface area contributed by atoms with E-state index in [-0.39, 0.29) is 11.9 Å². The third-order valence-electron chi connectivity index (χ3n) is 3.90. The van der Waals surface area contributed by atoms with E-state index >= 15 is 0 Å². The van der Waals surface area contributed by atoms with Crippen molar-refractivity contribution in [2.24, 2.45) is 0 Å². The van der Waals surface area contributed by atoms with Crippen molar-refractivity contribution in [3.8, 4) is 0 Å². The fraction of sp³-hybridized carbons (Fsp3) is 0.375. The zero-order valence-electron chi connectivity index (χ0n) is 12.6. The highest BCUT2D eigenvalue weighted by Crippen LogP contribution is 2.31. The van der Waals surface area contributed by atoms with E-state index < -0.39 is 0 Å². The number of nitrogens with one attached hydrogen (secondary N) is 1. The maximum absolute atomic E-state index is 12.2. The smallest absolute Gasteiger partial charge is 0.258 e. The Morgan fingerprint density at radius 3 is 2.71 bits per heavy atom. The number of aromatic nitrogens is 2. The molecule has 1 N–H and O–H groups in total. The Kier molecular flexibility index (Phi) is 3.41. The third kappa shape index (κ3) is 2.39. The molecule has 1 aromatic carbocycles. The number of hydrogen-bond acceptors (Lipinski definition) is 3. The number of carbonyl (C=O) groups is 1. The zero-order valence-corrected chi connectivity index (χ0v) is 12.6. The molecule has 0 fully saturated rings. The lowest BCUT2D eigenvalue weighted by Crippen LogP contribution is -2.27. The molecule has 110 valence electrons. The first-order valence-corrected chi connectivity index (χ1v) is 7.17. The van der Waals surface area contributed by atoms with Crippen molar-refractivity contribution < 1.29 is 4.79 Å². The normalized spacial score (nSPS) is 17.0. The van der Waals surface area contributed by atoms with Gasteiger partial charge in [-0.2, -0.15) is 5.10 Å². The van der Waals surface area contributed by atoms with Crippen LogP contribution in [0, 0.1) is 6.92 Å². The molecule has 0 bridgehead atoms. The minimum atomic E-state index is -0.0201. The van der Waals surface area contributed by atoms with Crippen LogP contribution < -0.4 is 5.32 Å². The van der Waals surface area contributed by atoms with Crippen LogP contribution in [0.3, 0.4) is 0 Å². The van der Waals surface area contributed by atoms with Crippen LogP contribution in [0.25, 0.3) is 0 Å². The number of carbonyl (C=O) groups excluding carboxylic acids is 1. The maximum atomic E-state index is 12.2. The molecule has 1 aliphatic rings. The van der Waals surface area contributed by atoms with Gasteiger partial charge in [-0.1, -0.05) is 29.8 Å². The van der Waals surface area contributed by atoms with E-state index in [4.69, 9.17) is 0 Å². The molecule has 0 saturated carbocycles. The fourth-order valence-corrected chi connectivity index (χ4v) is 2.72. The van der Waals surface area contributed by atoms with E-state index in [9.17, 15) is 4.79 Å². The third-order valence-corrected chi connectivity index (χ3v) is 3.90. The van der Waals surface area contributed by atoms with E-state index in [0.29, 0.717) is 5.56 Å². The van der Waals surface area contributed by atoms with Gasteiger partial charge in [-0.15, -0.1) is 0 Å². The van der Waals surface area contributed by atoms with Crippen LogP contribution in [0.2, 0.25) is 0 Å². The zero-order chi connectivity index (χ0) is 15.0. The molecular weight excluding hydrogens is 264 g/mol. The lowest BCUT2D eigenvalue weighted by Gasteiger charge is -2.27. The predicted octanol–water partition coefficient (Wildman–Crippen LogP) is 2.30. The monoisotopic (exact) mass is 284 g/mol. The largest absolute Gasteiger partial charge is 0.369 e. The van der Waals surface area contributed by atoms with Gasteiger partial charge in [-0.05, 0) is 18.9 Å². The number of fused-ring (bicyclic) bond motifs is 1. The second-order valence-electron chi connectivity index (χ2n) is 5.69. The molecule has 0 spiro atoms. The summed E-state index contributed by atoms with van der Waals surface area (Å²) in [6, 6.07) is 8.71. The standard InChI is InChI=1S/C16H20N4O/c1-11-4-6-12(7-5-11)14-8-9-17-15-13(10-18-20(14)15)16(21)19(2)3/h4-7,10,14,17H,8-9H2,1-3H3. The van der Waals surface area contributed by atoms with Crippen molar-refractivity contribution in [2.75, 3.05) is 26.0 Å². The molecular formula is C16H20N4O. The average molecular weight is 284 g/mol. The Labute approximate surface area is 124 Å². The second-order valence-corrected chi connectivity index (χ2v) is 5.69. The number of benzene rings is 1. The van der Waals surface area contributed by atoms with E-state index in [1.54, 1.807) is 25.2 Å². The Morgan fingerprint density at radius 1 is 1.33 bits per heavy atom. The van der Waals surface area contributed by atoms with Crippen molar-refractivity contribution in [1.82, 2.24) is 14.7 Å². The Hall–Kier alpha value is -2.30. The van der Waals surface area contributed by atoms with Crippen molar-refractivity contribution >= 4 is 11.7 Å².